The van der Waals surface area contributed by atoms with E-state index in [2.05, 4.69) is 13.8 Å². The van der Waals surface area contributed by atoms with Crippen LogP contribution in [0.25, 0.3) is 0 Å². The standard InChI is InChI=1S/C29H54O4/c1-25(2)17-15-23-32-29(21-13-14-22-29)33-24-16-19-27(30)18-11-9-7-5-6-8-10-12-20-28(31)26(3)4/h25-26H,5-24H2,1-4H3. The molecule has 194 valence electrons. The Balaban J connectivity index is 1.96. The molecule has 0 amide bonds. The van der Waals surface area contributed by atoms with Gasteiger partial charge < -0.3 is 9.47 Å². The summed E-state index contributed by atoms with van der Waals surface area (Å²) in [5.74, 6) is 1.31. The lowest BCUT2D eigenvalue weighted by molar-refractivity contribution is -0.233. The highest BCUT2D eigenvalue weighted by atomic mass is 16.7. The zero-order valence-corrected chi connectivity index (χ0v) is 22.4. The third kappa shape index (κ3) is 15.7. The van der Waals surface area contributed by atoms with Crippen molar-refractivity contribution in [2.24, 2.45) is 11.8 Å². The first kappa shape index (κ1) is 30.3. The molecule has 0 radical (unpaired) electrons. The molecule has 1 saturated carbocycles. The van der Waals surface area contributed by atoms with Gasteiger partial charge in [0.25, 0.3) is 0 Å². The fourth-order valence-corrected chi connectivity index (χ4v) is 4.62. The van der Waals surface area contributed by atoms with Crippen LogP contribution in [0.5, 0.6) is 0 Å². The van der Waals surface area contributed by atoms with Crippen molar-refractivity contribution >= 4 is 11.6 Å². The minimum absolute atomic E-state index is 0.183. The van der Waals surface area contributed by atoms with Crippen LogP contribution in [0.15, 0.2) is 0 Å². The first-order valence-electron chi connectivity index (χ1n) is 14.2. The molecule has 4 heteroatoms. The van der Waals surface area contributed by atoms with Crippen LogP contribution in [0.3, 0.4) is 0 Å². The Morgan fingerprint density at radius 1 is 0.667 bits per heavy atom. The van der Waals surface area contributed by atoms with E-state index in [1.807, 2.05) is 13.8 Å². The number of unbranched alkanes of at least 4 members (excludes halogenated alkanes) is 7. The molecule has 0 saturated heterocycles. The average molecular weight is 467 g/mol. The molecule has 0 atom stereocenters. The lowest BCUT2D eigenvalue weighted by Crippen LogP contribution is -2.33. The maximum absolute atomic E-state index is 12.2. The van der Waals surface area contributed by atoms with Gasteiger partial charge in [-0.3, -0.25) is 9.59 Å². The van der Waals surface area contributed by atoms with E-state index in [-0.39, 0.29) is 11.7 Å². The van der Waals surface area contributed by atoms with Gasteiger partial charge in [0.15, 0.2) is 5.79 Å². The van der Waals surface area contributed by atoms with Crippen molar-refractivity contribution in [3.8, 4) is 0 Å². The number of Topliss-reactive ketones (excluding diaryl/α,β-unsaturated/α-hetero) is 2. The van der Waals surface area contributed by atoms with Crippen LogP contribution in [0, 0.1) is 11.8 Å². The zero-order chi connectivity index (χ0) is 24.4. The fourth-order valence-electron chi connectivity index (χ4n) is 4.62. The summed E-state index contributed by atoms with van der Waals surface area (Å²) in [4.78, 5) is 23.8. The predicted octanol–water partition coefficient (Wildman–Crippen LogP) is 8.20. The Morgan fingerprint density at radius 3 is 1.70 bits per heavy atom. The van der Waals surface area contributed by atoms with Gasteiger partial charge in [-0.05, 0) is 50.9 Å². The lowest BCUT2D eigenvalue weighted by Gasteiger charge is -2.30. The minimum Gasteiger partial charge on any atom is -0.350 e. The van der Waals surface area contributed by atoms with Crippen molar-refractivity contribution in [2.75, 3.05) is 13.2 Å². The summed E-state index contributed by atoms with van der Waals surface area (Å²) in [5.41, 5.74) is 0. The van der Waals surface area contributed by atoms with Crippen molar-refractivity contribution in [1.29, 1.82) is 0 Å². The van der Waals surface area contributed by atoms with E-state index in [0.29, 0.717) is 31.0 Å². The van der Waals surface area contributed by atoms with Crippen LogP contribution in [0.4, 0.5) is 0 Å². The maximum Gasteiger partial charge on any atom is 0.168 e. The van der Waals surface area contributed by atoms with Crippen molar-refractivity contribution in [3.05, 3.63) is 0 Å². The molecule has 0 bridgehead atoms. The topological polar surface area (TPSA) is 52.6 Å². The Hall–Kier alpha value is -0.740. The van der Waals surface area contributed by atoms with Crippen LogP contribution < -0.4 is 0 Å². The number of ether oxygens (including phenoxy) is 2. The molecule has 4 nitrogen and oxygen atoms in total. The first-order valence-corrected chi connectivity index (χ1v) is 14.2. The monoisotopic (exact) mass is 466 g/mol. The molecule has 1 rings (SSSR count). The number of carbonyl (C=O) groups is 2. The van der Waals surface area contributed by atoms with Crippen LogP contribution in [-0.4, -0.2) is 30.6 Å². The van der Waals surface area contributed by atoms with E-state index in [1.54, 1.807) is 0 Å². The number of hydrogen-bond donors (Lipinski definition) is 0. The summed E-state index contributed by atoms with van der Waals surface area (Å²) in [6.45, 7) is 9.89. The third-order valence-corrected chi connectivity index (χ3v) is 6.89. The van der Waals surface area contributed by atoms with Crippen LogP contribution in [-0.2, 0) is 19.1 Å². The normalized spacial score (nSPS) is 15.6. The Bertz CT molecular complexity index is 506. The fraction of sp³-hybridized carbons (Fsp3) is 0.931. The third-order valence-electron chi connectivity index (χ3n) is 6.89. The molecule has 0 heterocycles. The average Bonchev–Trinajstić information content (AvgIpc) is 3.24. The van der Waals surface area contributed by atoms with Gasteiger partial charge in [-0.15, -0.1) is 0 Å². The molecule has 1 aliphatic rings. The molecule has 1 aliphatic carbocycles. The summed E-state index contributed by atoms with van der Waals surface area (Å²) in [7, 11) is 0. The van der Waals surface area contributed by atoms with Crippen molar-refractivity contribution in [1.82, 2.24) is 0 Å². The molecule has 0 aromatic heterocycles. The second kappa shape index (κ2) is 18.6. The molecule has 0 spiro atoms. The van der Waals surface area contributed by atoms with E-state index in [9.17, 15) is 9.59 Å². The van der Waals surface area contributed by atoms with Gasteiger partial charge in [0.2, 0.25) is 0 Å². The number of carbonyl (C=O) groups excluding carboxylic acids is 2. The maximum atomic E-state index is 12.2. The Kier molecular flexibility index (Phi) is 17.0. The summed E-state index contributed by atoms with van der Waals surface area (Å²) in [6.07, 6.45) is 18.9. The second-order valence-corrected chi connectivity index (χ2v) is 10.9. The molecule has 1 fully saturated rings. The van der Waals surface area contributed by atoms with Crippen molar-refractivity contribution < 1.29 is 19.1 Å². The molecular weight excluding hydrogens is 412 g/mol. The second-order valence-electron chi connectivity index (χ2n) is 10.9. The Morgan fingerprint density at radius 2 is 1.15 bits per heavy atom. The molecule has 0 aromatic rings. The highest BCUT2D eigenvalue weighted by Gasteiger charge is 2.35. The number of rotatable bonds is 22. The van der Waals surface area contributed by atoms with Crippen LogP contribution in [0.1, 0.15) is 143 Å². The van der Waals surface area contributed by atoms with Gasteiger partial charge in [0.1, 0.15) is 11.6 Å². The van der Waals surface area contributed by atoms with Gasteiger partial charge in [0, 0.05) is 38.0 Å². The molecule has 0 unspecified atom stereocenters. The quantitative estimate of drug-likeness (QED) is 0.119. The van der Waals surface area contributed by atoms with E-state index in [4.69, 9.17) is 9.47 Å². The molecule has 0 aliphatic heterocycles. The summed E-state index contributed by atoms with van der Waals surface area (Å²) in [6, 6.07) is 0. The highest BCUT2D eigenvalue weighted by molar-refractivity contribution is 5.80. The number of hydrogen-bond acceptors (Lipinski definition) is 4. The number of ketones is 2. The summed E-state index contributed by atoms with van der Waals surface area (Å²) >= 11 is 0. The molecule has 0 N–H and O–H groups in total. The van der Waals surface area contributed by atoms with Gasteiger partial charge in [-0.1, -0.05) is 66.2 Å². The van der Waals surface area contributed by atoms with E-state index >= 15 is 0 Å². The Labute approximate surface area is 205 Å². The zero-order valence-electron chi connectivity index (χ0n) is 22.4. The molecular formula is C29H54O4. The van der Waals surface area contributed by atoms with E-state index < -0.39 is 0 Å². The van der Waals surface area contributed by atoms with Gasteiger partial charge in [-0.25, -0.2) is 0 Å². The highest BCUT2D eigenvalue weighted by Crippen LogP contribution is 2.35. The van der Waals surface area contributed by atoms with E-state index in [1.165, 1.54) is 51.4 Å². The van der Waals surface area contributed by atoms with Gasteiger partial charge >= 0.3 is 0 Å². The van der Waals surface area contributed by atoms with Crippen LogP contribution >= 0.6 is 0 Å². The van der Waals surface area contributed by atoms with E-state index in [0.717, 1.165) is 63.9 Å². The molecule has 33 heavy (non-hydrogen) atoms. The summed E-state index contributed by atoms with van der Waals surface area (Å²) < 4.78 is 12.4. The lowest BCUT2D eigenvalue weighted by atomic mass is 10.0. The van der Waals surface area contributed by atoms with Crippen LogP contribution in [0.2, 0.25) is 0 Å². The first-order chi connectivity index (χ1) is 15.8. The SMILES string of the molecule is CC(C)CCCOC1(OCCCC(=O)CCCCCCCCCCC(=O)C(C)C)CCCC1. The van der Waals surface area contributed by atoms with Gasteiger partial charge in [-0.2, -0.15) is 0 Å². The van der Waals surface area contributed by atoms with Crippen molar-refractivity contribution in [3.63, 3.8) is 0 Å². The van der Waals surface area contributed by atoms with Gasteiger partial charge in [0.05, 0.1) is 13.2 Å². The predicted molar refractivity (Wildman–Crippen MR) is 137 cm³/mol. The molecule has 0 aromatic carbocycles. The largest absolute Gasteiger partial charge is 0.350 e. The minimum atomic E-state index is -0.371. The van der Waals surface area contributed by atoms with Crippen molar-refractivity contribution in [2.45, 2.75) is 149 Å². The smallest absolute Gasteiger partial charge is 0.168 e. The summed E-state index contributed by atoms with van der Waals surface area (Å²) in [5, 5.41) is 0.